The molecule has 2 N–H and O–H groups in total. The van der Waals surface area contributed by atoms with E-state index < -0.39 is 23.4 Å². The Morgan fingerprint density at radius 3 is 2.12 bits per heavy atom. The van der Waals surface area contributed by atoms with Crippen LogP contribution < -0.4 is 10.6 Å². The van der Waals surface area contributed by atoms with Gasteiger partial charge in [0, 0.05) is 24.8 Å². The van der Waals surface area contributed by atoms with Crippen molar-refractivity contribution in [3.8, 4) is 0 Å². The quantitative estimate of drug-likeness (QED) is 0.491. The second-order valence-corrected chi connectivity index (χ2v) is 11.3. The molecule has 8 nitrogen and oxygen atoms in total. The first-order chi connectivity index (χ1) is 11.1. The summed E-state index contributed by atoms with van der Waals surface area (Å²) in [6.07, 6.45) is 0.616. The van der Waals surface area contributed by atoms with Gasteiger partial charge in [0.05, 0.1) is 26.1 Å². The molecule has 1 fully saturated rings. The molecule has 0 unspecified atom stereocenters. The van der Waals surface area contributed by atoms with Crippen LogP contribution in [0.5, 0.6) is 0 Å². The van der Waals surface area contributed by atoms with Gasteiger partial charge in [-0.25, -0.2) is 13.2 Å². The molecule has 134 valence electrons. The second-order valence-electron chi connectivity index (χ2n) is 5.18. The Bertz CT molecular complexity index is 806. The minimum absolute atomic E-state index is 0.00595. The molecule has 2 rings (SSSR count). The van der Waals surface area contributed by atoms with Gasteiger partial charge in [-0.15, -0.1) is 0 Å². The van der Waals surface area contributed by atoms with Gasteiger partial charge in [0.25, 0.3) is 0 Å². The van der Waals surface area contributed by atoms with Crippen LogP contribution in [0.1, 0.15) is 12.8 Å². The number of anilines is 1. The Hall–Kier alpha value is -0.990. The molecule has 12 heteroatoms. The van der Waals surface area contributed by atoms with Gasteiger partial charge in [-0.2, -0.15) is 12.7 Å². The van der Waals surface area contributed by atoms with E-state index in [2.05, 4.69) is 10.6 Å². The Labute approximate surface area is 151 Å². The lowest BCUT2D eigenvalue weighted by atomic mass is 10.1. The highest BCUT2D eigenvalue weighted by Gasteiger charge is 2.28. The maximum atomic E-state index is 12.8. The molecule has 2 amide bonds. The number of hydrogen-bond donors (Lipinski definition) is 2. The van der Waals surface area contributed by atoms with Crippen LogP contribution in [0.4, 0.5) is 14.4 Å². The van der Waals surface area contributed by atoms with Gasteiger partial charge in [-0.1, -0.05) is 3.89 Å². The van der Waals surface area contributed by atoms with E-state index in [1.165, 1.54) is 45.5 Å². The van der Waals surface area contributed by atoms with Gasteiger partial charge in [-0.05, 0) is 37.1 Å². The first kappa shape index (κ1) is 19.3. The SMILES string of the molecule is O=C(Nc1ccc(S(=O)(=O)I)cc1)NC1CCN(S(=O)(=O)F)CC1. The van der Waals surface area contributed by atoms with Crippen LogP contribution in [-0.4, -0.2) is 46.3 Å². The first-order valence-corrected chi connectivity index (χ1v) is 12.2. The Morgan fingerprint density at radius 2 is 1.67 bits per heavy atom. The summed E-state index contributed by atoms with van der Waals surface area (Å²) in [7, 11) is -8.02. The standard InChI is InChI=1S/C12H15FIN3O5S2/c13-24(21,22)17-7-5-10(6-8-17)16-12(18)15-9-1-3-11(4-2-9)23(14,19)20/h1-4,10H,5-8H2,(H2,15,16,18). The summed E-state index contributed by atoms with van der Waals surface area (Å²) in [5.74, 6) is 0. The Kier molecular flexibility index (Phi) is 6.04. The second kappa shape index (κ2) is 7.49. The summed E-state index contributed by atoms with van der Waals surface area (Å²) in [5.41, 5.74) is 0.417. The Morgan fingerprint density at radius 1 is 1.12 bits per heavy atom. The van der Waals surface area contributed by atoms with Crippen molar-refractivity contribution in [1.82, 2.24) is 9.62 Å². The zero-order valence-corrected chi connectivity index (χ0v) is 16.1. The number of urea groups is 1. The molecule has 1 aromatic carbocycles. The van der Waals surface area contributed by atoms with E-state index in [1.807, 2.05) is 0 Å². The topological polar surface area (TPSA) is 113 Å². The van der Waals surface area contributed by atoms with Crippen molar-refractivity contribution in [3.05, 3.63) is 24.3 Å². The highest BCUT2D eigenvalue weighted by atomic mass is 127. The van der Waals surface area contributed by atoms with Crippen molar-refractivity contribution in [1.29, 1.82) is 0 Å². The molecule has 0 spiro atoms. The molecule has 1 aliphatic rings. The van der Waals surface area contributed by atoms with E-state index in [-0.39, 0.29) is 24.0 Å². The lowest BCUT2D eigenvalue weighted by molar-refractivity contribution is 0.237. The van der Waals surface area contributed by atoms with Gasteiger partial charge >= 0.3 is 16.4 Å². The summed E-state index contributed by atoms with van der Waals surface area (Å²) in [6.45, 7) is 0.0119. The molecule has 24 heavy (non-hydrogen) atoms. The van der Waals surface area contributed by atoms with E-state index in [1.54, 1.807) is 0 Å². The average molecular weight is 491 g/mol. The van der Waals surface area contributed by atoms with Gasteiger partial charge in [0.2, 0.25) is 7.01 Å². The minimum atomic E-state index is -4.69. The van der Waals surface area contributed by atoms with E-state index in [0.29, 0.717) is 18.5 Å². The summed E-state index contributed by atoms with van der Waals surface area (Å²) in [4.78, 5) is 12.0. The van der Waals surface area contributed by atoms with Crippen molar-refractivity contribution >= 4 is 50.3 Å². The van der Waals surface area contributed by atoms with Crippen LogP contribution in [0.15, 0.2) is 29.2 Å². The molecule has 1 aliphatic heterocycles. The molecule has 0 aromatic heterocycles. The number of carbonyl (C=O) groups is 1. The summed E-state index contributed by atoms with van der Waals surface area (Å²) < 4.78 is 57.8. The summed E-state index contributed by atoms with van der Waals surface area (Å²) >= 11 is 1.32. The molecular weight excluding hydrogens is 476 g/mol. The van der Waals surface area contributed by atoms with Crippen molar-refractivity contribution in [2.75, 3.05) is 18.4 Å². The average Bonchev–Trinajstić information content (AvgIpc) is 2.46. The van der Waals surface area contributed by atoms with E-state index in [0.717, 1.165) is 4.31 Å². The first-order valence-electron chi connectivity index (χ1n) is 6.88. The number of nitrogens with zero attached hydrogens (tertiary/aromatic N) is 1. The van der Waals surface area contributed by atoms with Crippen LogP contribution in [0.25, 0.3) is 0 Å². The fraction of sp³-hybridized carbons (Fsp3) is 0.417. The van der Waals surface area contributed by atoms with Gasteiger partial charge in [0.15, 0.2) is 0 Å². The van der Waals surface area contributed by atoms with Crippen molar-refractivity contribution < 1.29 is 25.5 Å². The zero-order valence-electron chi connectivity index (χ0n) is 12.3. The van der Waals surface area contributed by atoms with Gasteiger partial charge in [-0.3, -0.25) is 0 Å². The van der Waals surface area contributed by atoms with Crippen LogP contribution >= 0.6 is 21.2 Å². The van der Waals surface area contributed by atoms with Crippen molar-refractivity contribution in [3.63, 3.8) is 0 Å². The third-order valence-electron chi connectivity index (χ3n) is 3.49. The van der Waals surface area contributed by atoms with Crippen molar-refractivity contribution in [2.24, 2.45) is 0 Å². The number of halogens is 2. The predicted molar refractivity (Wildman–Crippen MR) is 94.4 cm³/mol. The van der Waals surface area contributed by atoms with Crippen LogP contribution in [0.2, 0.25) is 0 Å². The Balaban J connectivity index is 1.86. The van der Waals surface area contributed by atoms with Crippen LogP contribution in [0.3, 0.4) is 0 Å². The van der Waals surface area contributed by atoms with Crippen molar-refractivity contribution in [2.45, 2.75) is 23.8 Å². The third kappa shape index (κ3) is 5.53. The molecule has 0 radical (unpaired) electrons. The molecule has 1 aromatic rings. The van der Waals surface area contributed by atoms with Gasteiger partial charge in [0.1, 0.15) is 0 Å². The van der Waals surface area contributed by atoms with E-state index in [4.69, 9.17) is 0 Å². The fourth-order valence-electron chi connectivity index (χ4n) is 2.27. The minimum Gasteiger partial charge on any atom is -0.335 e. The molecular formula is C12H15FIN3O5S2. The number of hydrogen-bond acceptors (Lipinski definition) is 5. The zero-order chi connectivity index (χ0) is 18.0. The monoisotopic (exact) mass is 491 g/mol. The molecule has 0 atom stereocenters. The number of amides is 2. The van der Waals surface area contributed by atoms with Gasteiger partial charge < -0.3 is 10.6 Å². The summed E-state index contributed by atoms with van der Waals surface area (Å²) in [5, 5.41) is 5.23. The number of carbonyl (C=O) groups excluding carboxylic acids is 1. The lowest BCUT2D eigenvalue weighted by Gasteiger charge is -2.29. The molecule has 0 bridgehead atoms. The highest BCUT2D eigenvalue weighted by molar-refractivity contribution is 14.2. The number of nitrogens with one attached hydrogen (secondary N) is 2. The fourth-order valence-corrected chi connectivity index (χ4v) is 4.26. The molecule has 1 saturated heterocycles. The third-order valence-corrected chi connectivity index (χ3v) is 6.83. The van der Waals surface area contributed by atoms with Crippen LogP contribution in [-0.2, 0) is 17.4 Å². The molecule has 0 aliphatic carbocycles. The lowest BCUT2D eigenvalue weighted by Crippen LogP contribution is -2.46. The van der Waals surface area contributed by atoms with E-state index >= 15 is 0 Å². The molecule has 0 saturated carbocycles. The number of benzene rings is 1. The highest BCUT2D eigenvalue weighted by Crippen LogP contribution is 2.20. The van der Waals surface area contributed by atoms with Crippen LogP contribution in [0, 0.1) is 0 Å². The smallest absolute Gasteiger partial charge is 0.335 e. The molecule has 1 heterocycles. The maximum Gasteiger partial charge on any atom is 0.374 e. The number of rotatable bonds is 4. The largest absolute Gasteiger partial charge is 0.374 e. The maximum absolute atomic E-state index is 12.8. The van der Waals surface area contributed by atoms with E-state index in [9.17, 15) is 25.5 Å². The number of piperidine rings is 1. The normalized spacial score (nSPS) is 17.4. The predicted octanol–water partition coefficient (Wildman–Crippen LogP) is 1.61. The summed E-state index contributed by atoms with van der Waals surface area (Å²) in [6, 6.07) is 4.91.